The average Bonchev–Trinajstić information content (AvgIpc) is 2.16. The fourth-order valence-corrected chi connectivity index (χ4v) is 2.18. The maximum Gasteiger partial charge on any atom is 0.573 e. The van der Waals surface area contributed by atoms with Gasteiger partial charge in [0.05, 0.1) is 19.0 Å². The first-order valence-electron chi connectivity index (χ1n) is 4.38. The first-order chi connectivity index (χ1) is 8.06. The van der Waals surface area contributed by atoms with Crippen molar-refractivity contribution in [2.75, 3.05) is 7.11 Å². The molecule has 0 spiro atoms. The molecule has 0 aliphatic heterocycles. The maximum atomic E-state index is 12.1. The second-order valence-electron chi connectivity index (χ2n) is 3.16. The molecule has 0 atom stereocenters. The SMILES string of the molecule is COc1c(OC(F)(F)F)cnc(C)c1S(N)(=O)=O. The Morgan fingerprint density at radius 2 is 1.94 bits per heavy atom. The van der Waals surface area contributed by atoms with E-state index in [1.54, 1.807) is 0 Å². The minimum atomic E-state index is -5.00. The second-order valence-corrected chi connectivity index (χ2v) is 4.66. The van der Waals surface area contributed by atoms with Gasteiger partial charge in [0.25, 0.3) is 0 Å². The lowest BCUT2D eigenvalue weighted by Gasteiger charge is -2.15. The van der Waals surface area contributed by atoms with Crippen molar-refractivity contribution in [2.24, 2.45) is 5.14 Å². The summed E-state index contributed by atoms with van der Waals surface area (Å²) in [5.41, 5.74) is -0.0936. The van der Waals surface area contributed by atoms with Crippen molar-refractivity contribution in [2.45, 2.75) is 18.2 Å². The number of nitrogens with zero attached hydrogens (tertiary/aromatic N) is 1. The zero-order chi connectivity index (χ0) is 14.1. The zero-order valence-electron chi connectivity index (χ0n) is 9.28. The highest BCUT2D eigenvalue weighted by Crippen LogP contribution is 2.37. The highest BCUT2D eigenvalue weighted by molar-refractivity contribution is 7.89. The third-order valence-electron chi connectivity index (χ3n) is 1.85. The van der Waals surface area contributed by atoms with Crippen molar-refractivity contribution < 1.29 is 31.1 Å². The Balaban J connectivity index is 3.49. The van der Waals surface area contributed by atoms with E-state index in [1.165, 1.54) is 6.92 Å². The van der Waals surface area contributed by atoms with Crippen molar-refractivity contribution in [3.8, 4) is 11.5 Å². The van der Waals surface area contributed by atoms with Gasteiger partial charge in [-0.15, -0.1) is 13.2 Å². The van der Waals surface area contributed by atoms with Crippen LogP contribution in [0.2, 0.25) is 0 Å². The molecule has 10 heteroatoms. The molecule has 2 N–H and O–H groups in total. The number of ether oxygens (including phenoxy) is 2. The Morgan fingerprint density at radius 1 is 1.39 bits per heavy atom. The number of nitrogens with two attached hydrogens (primary N) is 1. The van der Waals surface area contributed by atoms with Crippen LogP contribution in [0.15, 0.2) is 11.1 Å². The Kier molecular flexibility index (Phi) is 3.72. The molecule has 1 rings (SSSR count). The molecule has 1 aromatic rings. The number of rotatable bonds is 3. The standard InChI is InChI=1S/C8H9F3N2O4S/c1-4-7(18(12,14)15)6(16-2)5(3-13-4)17-8(9,10)11/h3H,1-2H3,(H2,12,14,15). The molecule has 0 saturated heterocycles. The molecule has 18 heavy (non-hydrogen) atoms. The quantitative estimate of drug-likeness (QED) is 0.893. The van der Waals surface area contributed by atoms with E-state index in [0.29, 0.717) is 6.20 Å². The first-order valence-corrected chi connectivity index (χ1v) is 5.93. The van der Waals surface area contributed by atoms with Crippen molar-refractivity contribution in [3.05, 3.63) is 11.9 Å². The molecule has 1 heterocycles. The number of aromatic nitrogens is 1. The molecule has 0 aromatic carbocycles. The van der Waals surface area contributed by atoms with Crippen LogP contribution in [0.5, 0.6) is 11.5 Å². The Bertz CT molecular complexity index is 556. The van der Waals surface area contributed by atoms with Gasteiger partial charge in [-0.2, -0.15) is 0 Å². The van der Waals surface area contributed by atoms with E-state index in [-0.39, 0.29) is 5.69 Å². The summed E-state index contributed by atoms with van der Waals surface area (Å²) in [4.78, 5) is 2.83. The van der Waals surface area contributed by atoms with Gasteiger partial charge in [0.1, 0.15) is 4.90 Å². The fourth-order valence-electron chi connectivity index (χ4n) is 1.27. The van der Waals surface area contributed by atoms with Gasteiger partial charge in [0, 0.05) is 0 Å². The Morgan fingerprint density at radius 3 is 2.33 bits per heavy atom. The predicted octanol–water partition coefficient (Wildman–Crippen LogP) is 0.945. The lowest BCUT2D eigenvalue weighted by Crippen LogP contribution is -2.20. The molecule has 0 bridgehead atoms. The number of pyridine rings is 1. The van der Waals surface area contributed by atoms with Crippen LogP contribution in [0, 0.1) is 6.92 Å². The van der Waals surface area contributed by atoms with Crippen molar-refractivity contribution in [1.82, 2.24) is 4.98 Å². The third-order valence-corrected chi connectivity index (χ3v) is 2.90. The van der Waals surface area contributed by atoms with E-state index in [0.717, 1.165) is 7.11 Å². The third kappa shape index (κ3) is 3.23. The summed E-state index contributed by atoms with van der Waals surface area (Å²) in [5, 5.41) is 4.88. The topological polar surface area (TPSA) is 91.5 Å². The summed E-state index contributed by atoms with van der Waals surface area (Å²) in [6.45, 7) is 1.26. The van der Waals surface area contributed by atoms with Crippen molar-refractivity contribution in [1.29, 1.82) is 0 Å². The molecule has 6 nitrogen and oxygen atoms in total. The highest BCUT2D eigenvalue weighted by Gasteiger charge is 2.34. The molecule has 0 amide bonds. The summed E-state index contributed by atoms with van der Waals surface area (Å²) >= 11 is 0. The highest BCUT2D eigenvalue weighted by atomic mass is 32.2. The summed E-state index contributed by atoms with van der Waals surface area (Å²) in [6, 6.07) is 0. The molecule has 0 aliphatic rings. The van der Waals surface area contributed by atoms with Gasteiger partial charge >= 0.3 is 6.36 Å². The van der Waals surface area contributed by atoms with Gasteiger partial charge in [-0.3, -0.25) is 4.98 Å². The normalized spacial score (nSPS) is 12.3. The van der Waals surface area contributed by atoms with Crippen molar-refractivity contribution in [3.63, 3.8) is 0 Å². The number of alkyl halides is 3. The van der Waals surface area contributed by atoms with E-state index in [4.69, 9.17) is 5.14 Å². The van der Waals surface area contributed by atoms with Gasteiger partial charge in [0.2, 0.25) is 10.0 Å². The number of primary sulfonamides is 1. The predicted molar refractivity (Wildman–Crippen MR) is 53.6 cm³/mol. The molecular weight excluding hydrogens is 277 g/mol. The van der Waals surface area contributed by atoms with E-state index >= 15 is 0 Å². The van der Waals surface area contributed by atoms with Crippen molar-refractivity contribution >= 4 is 10.0 Å². The van der Waals surface area contributed by atoms with Crippen LogP contribution in [0.25, 0.3) is 0 Å². The maximum absolute atomic E-state index is 12.1. The fraction of sp³-hybridized carbons (Fsp3) is 0.375. The molecule has 1 aromatic heterocycles. The molecule has 0 radical (unpaired) electrons. The number of halogens is 3. The van der Waals surface area contributed by atoms with E-state index in [1.807, 2.05) is 0 Å². The van der Waals surface area contributed by atoms with Crippen LogP contribution in [0.4, 0.5) is 13.2 Å². The number of hydrogen-bond acceptors (Lipinski definition) is 5. The zero-order valence-corrected chi connectivity index (χ0v) is 10.1. The Labute approximate surface area is 101 Å². The molecule has 102 valence electrons. The molecule has 0 saturated carbocycles. The van der Waals surface area contributed by atoms with Crippen LogP contribution in [-0.2, 0) is 10.0 Å². The minimum absolute atomic E-state index is 0.0936. The number of sulfonamides is 1. The monoisotopic (exact) mass is 286 g/mol. The smallest absolute Gasteiger partial charge is 0.491 e. The summed E-state index contributed by atoms with van der Waals surface area (Å²) in [5.74, 6) is -1.51. The van der Waals surface area contributed by atoms with Gasteiger partial charge in [0.15, 0.2) is 11.5 Å². The van der Waals surface area contributed by atoms with Gasteiger partial charge in [-0.05, 0) is 6.92 Å². The number of methoxy groups -OCH3 is 1. The first kappa shape index (κ1) is 14.5. The molecule has 0 unspecified atom stereocenters. The van der Waals surface area contributed by atoms with Crippen LogP contribution < -0.4 is 14.6 Å². The summed E-state index contributed by atoms with van der Waals surface area (Å²) < 4.78 is 67.1. The van der Waals surface area contributed by atoms with Gasteiger partial charge in [-0.1, -0.05) is 0 Å². The lowest BCUT2D eigenvalue weighted by molar-refractivity contribution is -0.275. The van der Waals surface area contributed by atoms with Crippen LogP contribution >= 0.6 is 0 Å². The van der Waals surface area contributed by atoms with Gasteiger partial charge in [-0.25, -0.2) is 13.6 Å². The van der Waals surface area contributed by atoms with Crippen LogP contribution in [0.1, 0.15) is 5.69 Å². The minimum Gasteiger partial charge on any atom is -0.491 e. The van der Waals surface area contributed by atoms with Crippen LogP contribution in [0.3, 0.4) is 0 Å². The largest absolute Gasteiger partial charge is 0.573 e. The number of hydrogen-bond donors (Lipinski definition) is 1. The van der Waals surface area contributed by atoms with E-state index < -0.39 is 32.8 Å². The van der Waals surface area contributed by atoms with E-state index in [9.17, 15) is 21.6 Å². The molecular formula is C8H9F3N2O4S. The molecule has 0 fully saturated rings. The number of aryl methyl sites for hydroxylation is 1. The molecule has 0 aliphatic carbocycles. The summed E-state index contributed by atoms with van der Waals surface area (Å²) in [7, 11) is -3.30. The van der Waals surface area contributed by atoms with E-state index in [2.05, 4.69) is 14.5 Å². The average molecular weight is 286 g/mol. The summed E-state index contributed by atoms with van der Waals surface area (Å²) in [6.07, 6.45) is -4.30. The second kappa shape index (κ2) is 4.61. The lowest BCUT2D eigenvalue weighted by atomic mass is 10.3. The Hall–Kier alpha value is -1.55. The van der Waals surface area contributed by atoms with Gasteiger partial charge < -0.3 is 9.47 Å². The van der Waals surface area contributed by atoms with Crippen LogP contribution in [-0.4, -0.2) is 26.9 Å².